The Morgan fingerprint density at radius 1 is 1.18 bits per heavy atom. The van der Waals surface area contributed by atoms with Crippen molar-refractivity contribution >= 4 is 0 Å². The van der Waals surface area contributed by atoms with Crippen LogP contribution in [0.4, 0.5) is 0 Å². The van der Waals surface area contributed by atoms with Gasteiger partial charge in [-0.15, -0.1) is 10.2 Å². The van der Waals surface area contributed by atoms with E-state index in [9.17, 15) is 0 Å². The Balaban J connectivity index is 2.41. The second-order valence-corrected chi connectivity index (χ2v) is 2.42. The van der Waals surface area contributed by atoms with Gasteiger partial charge in [0.25, 0.3) is 0 Å². The predicted octanol–water partition coefficient (Wildman–Crippen LogP) is 0.577. The van der Waals surface area contributed by atoms with Gasteiger partial charge in [-0.25, -0.2) is 0 Å². The van der Waals surface area contributed by atoms with E-state index in [4.69, 9.17) is 0 Å². The molecule has 4 heteroatoms. The number of hydrogen-bond donors (Lipinski definition) is 0. The average molecular weight is 154 g/mol. The Morgan fingerprint density at radius 3 is 2.18 bits per heavy atom. The summed E-state index contributed by atoms with van der Waals surface area (Å²) in [6.07, 6.45) is 3.47. The summed E-state index contributed by atoms with van der Waals surface area (Å²) in [5.74, 6) is 0. The van der Waals surface area contributed by atoms with E-state index in [0.717, 1.165) is 19.8 Å². The molecule has 0 aromatic carbocycles. The Bertz CT molecular complexity index is 178. The van der Waals surface area contributed by atoms with Gasteiger partial charge < -0.3 is 4.57 Å². The first-order chi connectivity index (χ1) is 5.36. The minimum absolute atomic E-state index is 0.889. The summed E-state index contributed by atoms with van der Waals surface area (Å²) in [5, 5.41) is 7.46. The molecule has 1 rings (SSSR count). The molecule has 4 nitrogen and oxygen atoms in total. The lowest BCUT2D eigenvalue weighted by Gasteiger charge is -2.17. The van der Waals surface area contributed by atoms with Crippen LogP contribution in [0.2, 0.25) is 0 Å². The third-order valence-electron chi connectivity index (χ3n) is 1.72. The van der Waals surface area contributed by atoms with Gasteiger partial charge in [-0.1, -0.05) is 13.8 Å². The topological polar surface area (TPSA) is 34.0 Å². The molecule has 0 amide bonds. The molecule has 1 heterocycles. The molecule has 0 aliphatic rings. The zero-order chi connectivity index (χ0) is 8.10. The summed E-state index contributed by atoms with van der Waals surface area (Å²) in [6, 6.07) is 0. The van der Waals surface area contributed by atoms with Crippen molar-refractivity contribution in [2.45, 2.75) is 20.5 Å². The summed E-state index contributed by atoms with van der Waals surface area (Å²) in [7, 11) is 0. The van der Waals surface area contributed by atoms with E-state index in [1.54, 1.807) is 12.7 Å². The highest BCUT2D eigenvalue weighted by Gasteiger charge is 1.98. The number of rotatable bonds is 4. The molecule has 0 aliphatic heterocycles. The molecule has 0 radical (unpaired) electrons. The van der Waals surface area contributed by atoms with Crippen LogP contribution >= 0.6 is 0 Å². The van der Waals surface area contributed by atoms with Gasteiger partial charge >= 0.3 is 0 Å². The molecule has 0 aliphatic carbocycles. The molecule has 1 aromatic rings. The van der Waals surface area contributed by atoms with Crippen LogP contribution in [0.25, 0.3) is 0 Å². The van der Waals surface area contributed by atoms with E-state index in [1.807, 2.05) is 4.57 Å². The van der Waals surface area contributed by atoms with Crippen molar-refractivity contribution < 1.29 is 0 Å². The van der Waals surface area contributed by atoms with Gasteiger partial charge in [0.05, 0.1) is 6.67 Å². The zero-order valence-corrected chi connectivity index (χ0v) is 7.06. The average Bonchev–Trinajstić information content (AvgIpc) is 2.52. The van der Waals surface area contributed by atoms with E-state index >= 15 is 0 Å². The molecular formula is C7H14N4. The molecule has 0 bridgehead atoms. The molecule has 0 unspecified atom stereocenters. The molecule has 0 atom stereocenters. The first-order valence-corrected chi connectivity index (χ1v) is 3.91. The van der Waals surface area contributed by atoms with Crippen LogP contribution in [-0.2, 0) is 6.67 Å². The van der Waals surface area contributed by atoms with Gasteiger partial charge in [0.2, 0.25) is 0 Å². The van der Waals surface area contributed by atoms with Crippen molar-refractivity contribution in [3.05, 3.63) is 12.7 Å². The zero-order valence-electron chi connectivity index (χ0n) is 7.06. The summed E-state index contributed by atoms with van der Waals surface area (Å²) < 4.78 is 1.97. The van der Waals surface area contributed by atoms with E-state index in [2.05, 4.69) is 28.9 Å². The van der Waals surface area contributed by atoms with Crippen LogP contribution in [0.15, 0.2) is 12.7 Å². The number of nitrogens with zero attached hydrogens (tertiary/aromatic N) is 4. The summed E-state index contributed by atoms with van der Waals surface area (Å²) in [6.45, 7) is 7.31. The maximum Gasteiger partial charge on any atom is 0.120 e. The highest BCUT2D eigenvalue weighted by atomic mass is 15.3. The van der Waals surface area contributed by atoms with Crippen molar-refractivity contribution in [3.63, 3.8) is 0 Å². The second kappa shape index (κ2) is 4.08. The second-order valence-electron chi connectivity index (χ2n) is 2.42. The Morgan fingerprint density at radius 2 is 1.73 bits per heavy atom. The molecular weight excluding hydrogens is 140 g/mol. The van der Waals surface area contributed by atoms with Gasteiger partial charge in [-0.05, 0) is 13.1 Å². The molecule has 0 spiro atoms. The lowest BCUT2D eigenvalue weighted by molar-refractivity contribution is 0.241. The molecule has 11 heavy (non-hydrogen) atoms. The van der Waals surface area contributed by atoms with Crippen LogP contribution in [0.5, 0.6) is 0 Å². The monoisotopic (exact) mass is 154 g/mol. The SMILES string of the molecule is CCN(CC)Cn1cnnc1. The lowest BCUT2D eigenvalue weighted by atomic mass is 10.5. The smallest absolute Gasteiger partial charge is 0.120 e. The fourth-order valence-corrected chi connectivity index (χ4v) is 0.950. The molecule has 0 saturated carbocycles. The van der Waals surface area contributed by atoms with Gasteiger partial charge in [-0.2, -0.15) is 0 Å². The quantitative estimate of drug-likeness (QED) is 0.636. The van der Waals surface area contributed by atoms with Crippen molar-refractivity contribution in [2.75, 3.05) is 13.1 Å². The number of hydrogen-bond acceptors (Lipinski definition) is 3. The van der Waals surface area contributed by atoms with Crippen molar-refractivity contribution in [1.82, 2.24) is 19.7 Å². The van der Waals surface area contributed by atoms with Crippen LogP contribution in [0.1, 0.15) is 13.8 Å². The molecule has 0 saturated heterocycles. The van der Waals surface area contributed by atoms with Gasteiger partial charge in [0.1, 0.15) is 12.7 Å². The molecule has 62 valence electrons. The fraction of sp³-hybridized carbons (Fsp3) is 0.714. The largest absolute Gasteiger partial charge is 0.306 e. The van der Waals surface area contributed by atoms with Crippen LogP contribution in [0.3, 0.4) is 0 Å². The molecule has 0 N–H and O–H groups in total. The van der Waals surface area contributed by atoms with Crippen LogP contribution < -0.4 is 0 Å². The highest BCUT2D eigenvalue weighted by molar-refractivity contribution is 4.60. The highest BCUT2D eigenvalue weighted by Crippen LogP contribution is 1.91. The van der Waals surface area contributed by atoms with Crippen molar-refractivity contribution in [3.8, 4) is 0 Å². The van der Waals surface area contributed by atoms with Crippen molar-refractivity contribution in [1.29, 1.82) is 0 Å². The normalized spacial score (nSPS) is 10.8. The fourth-order valence-electron chi connectivity index (χ4n) is 0.950. The standard InChI is InChI=1S/C7H14N4/c1-3-10(4-2)7-11-5-8-9-6-11/h5-6H,3-4,7H2,1-2H3. The Kier molecular flexibility index (Phi) is 3.04. The van der Waals surface area contributed by atoms with Gasteiger partial charge in [0.15, 0.2) is 0 Å². The summed E-state index contributed by atoms with van der Waals surface area (Å²) >= 11 is 0. The van der Waals surface area contributed by atoms with Gasteiger partial charge in [0, 0.05) is 0 Å². The van der Waals surface area contributed by atoms with E-state index in [1.165, 1.54) is 0 Å². The first kappa shape index (κ1) is 8.20. The Labute approximate surface area is 66.8 Å². The minimum Gasteiger partial charge on any atom is -0.306 e. The third kappa shape index (κ3) is 2.31. The minimum atomic E-state index is 0.889. The lowest BCUT2D eigenvalue weighted by Crippen LogP contribution is -2.25. The van der Waals surface area contributed by atoms with E-state index in [-0.39, 0.29) is 0 Å². The van der Waals surface area contributed by atoms with Gasteiger partial charge in [-0.3, -0.25) is 4.90 Å². The maximum absolute atomic E-state index is 3.73. The summed E-state index contributed by atoms with van der Waals surface area (Å²) in [5.41, 5.74) is 0. The third-order valence-corrected chi connectivity index (χ3v) is 1.72. The van der Waals surface area contributed by atoms with Crippen LogP contribution in [0, 0.1) is 0 Å². The first-order valence-electron chi connectivity index (χ1n) is 3.91. The van der Waals surface area contributed by atoms with E-state index < -0.39 is 0 Å². The van der Waals surface area contributed by atoms with E-state index in [0.29, 0.717) is 0 Å². The maximum atomic E-state index is 3.73. The Hall–Kier alpha value is -0.900. The summed E-state index contributed by atoms with van der Waals surface area (Å²) in [4.78, 5) is 2.30. The number of aromatic nitrogens is 3. The predicted molar refractivity (Wildman–Crippen MR) is 42.9 cm³/mol. The van der Waals surface area contributed by atoms with Crippen molar-refractivity contribution in [2.24, 2.45) is 0 Å². The van der Waals surface area contributed by atoms with Crippen LogP contribution in [-0.4, -0.2) is 32.8 Å². The molecule has 1 aromatic heterocycles. The molecule has 0 fully saturated rings.